The molecule has 3 N–H and O–H groups in total. The number of nitrogens with one attached hydrogen (secondary N) is 1. The van der Waals surface area contributed by atoms with Crippen molar-refractivity contribution in [3.8, 4) is 11.5 Å². The molecule has 0 unspecified atom stereocenters. The molecule has 222 valence electrons. The van der Waals surface area contributed by atoms with Crippen LogP contribution in [-0.2, 0) is 29.6 Å². The summed E-state index contributed by atoms with van der Waals surface area (Å²) in [7, 11) is 0. The topological polar surface area (TPSA) is 76.0 Å². The Kier molecular flexibility index (Phi) is 8.55. The number of aryl methyl sites for hydroxylation is 1. The van der Waals surface area contributed by atoms with Crippen molar-refractivity contribution in [2.45, 2.75) is 75.9 Å². The lowest BCUT2D eigenvalue weighted by molar-refractivity contribution is -0.123. The van der Waals surface area contributed by atoms with Crippen LogP contribution in [-0.4, -0.2) is 64.2 Å². The van der Waals surface area contributed by atoms with Gasteiger partial charge in [-0.25, -0.2) is 0 Å². The number of carbonyl (C=O) groups is 1. The Morgan fingerprint density at radius 2 is 1.79 bits per heavy atom. The number of carbonyl (C=O) groups excluding carboxylic acids is 1. The summed E-state index contributed by atoms with van der Waals surface area (Å²) in [6.45, 7) is 6.90. The average molecular weight is 568 g/mol. The van der Waals surface area contributed by atoms with Crippen LogP contribution in [0.5, 0.6) is 11.5 Å². The third-order valence-corrected chi connectivity index (χ3v) is 10.2. The summed E-state index contributed by atoms with van der Waals surface area (Å²) < 4.78 is 0. The highest BCUT2D eigenvalue weighted by Crippen LogP contribution is 2.50. The lowest BCUT2D eigenvalue weighted by Gasteiger charge is -2.56. The van der Waals surface area contributed by atoms with Crippen LogP contribution in [0.4, 0.5) is 0 Å². The van der Waals surface area contributed by atoms with E-state index in [1.807, 2.05) is 24.3 Å². The molecule has 1 saturated carbocycles. The van der Waals surface area contributed by atoms with Gasteiger partial charge in [0, 0.05) is 50.1 Å². The first-order chi connectivity index (χ1) is 20.4. The maximum atomic E-state index is 13.3. The van der Waals surface area contributed by atoms with E-state index in [0.717, 1.165) is 76.8 Å². The van der Waals surface area contributed by atoms with Gasteiger partial charge in [0.1, 0.15) is 11.5 Å². The zero-order valence-corrected chi connectivity index (χ0v) is 24.8. The summed E-state index contributed by atoms with van der Waals surface area (Å²) in [6.07, 6.45) is 6.58. The monoisotopic (exact) mass is 567 g/mol. The van der Waals surface area contributed by atoms with E-state index in [1.54, 1.807) is 12.1 Å². The van der Waals surface area contributed by atoms with Gasteiger partial charge in [-0.3, -0.25) is 14.6 Å². The molecule has 3 aromatic carbocycles. The number of benzene rings is 3. The van der Waals surface area contributed by atoms with Crippen LogP contribution >= 0.6 is 0 Å². The van der Waals surface area contributed by atoms with Gasteiger partial charge in [0.2, 0.25) is 5.91 Å². The molecule has 1 saturated heterocycles. The van der Waals surface area contributed by atoms with Crippen LogP contribution < -0.4 is 5.32 Å². The van der Waals surface area contributed by atoms with Crippen molar-refractivity contribution in [3.63, 3.8) is 0 Å². The maximum absolute atomic E-state index is 13.3. The first kappa shape index (κ1) is 28.8. The summed E-state index contributed by atoms with van der Waals surface area (Å²) >= 11 is 0. The van der Waals surface area contributed by atoms with Crippen LogP contribution in [0.3, 0.4) is 0 Å². The van der Waals surface area contributed by atoms with Crippen molar-refractivity contribution in [1.29, 1.82) is 0 Å². The Labute approximate surface area is 250 Å². The number of amides is 1. The molecule has 0 spiro atoms. The summed E-state index contributed by atoms with van der Waals surface area (Å²) in [5.74, 6) is 1.16. The molecular formula is C36H45N3O3. The number of piperidine rings is 1. The molecule has 42 heavy (non-hydrogen) atoms. The van der Waals surface area contributed by atoms with Crippen LogP contribution in [0.25, 0.3) is 0 Å². The molecule has 3 aliphatic rings. The highest BCUT2D eigenvalue weighted by atomic mass is 16.3. The van der Waals surface area contributed by atoms with E-state index in [-0.39, 0.29) is 17.4 Å². The number of likely N-dealkylation sites (tertiary alicyclic amines) is 1. The zero-order chi connectivity index (χ0) is 29.1. The van der Waals surface area contributed by atoms with Gasteiger partial charge in [0.15, 0.2) is 0 Å². The van der Waals surface area contributed by atoms with E-state index < -0.39 is 0 Å². The minimum Gasteiger partial charge on any atom is -0.508 e. The van der Waals surface area contributed by atoms with E-state index >= 15 is 0 Å². The maximum Gasteiger partial charge on any atom is 0.221 e. The first-order valence-electron chi connectivity index (χ1n) is 15.8. The number of aromatic hydroxyl groups is 2. The molecule has 2 aliphatic heterocycles. The standard InChI is InChI=1S/C36H45N3O3/c1-26-24-39(16-6-9-27-7-3-2-4-8-27)32-21-31(22-36(26,23-32)30-10-5-11-33(40)20-30)37-35(42)15-18-38-17-14-28-12-13-34(41)19-29(28)25-38/h2-5,7-8,10-13,19-20,26,31-32,40-41H,6,9,14-18,21-25H2,1H3,(H,37,42)/t26-,31+,32+,36+/m1/s1. The third-order valence-electron chi connectivity index (χ3n) is 10.2. The molecule has 4 atom stereocenters. The van der Waals surface area contributed by atoms with Crippen molar-refractivity contribution in [1.82, 2.24) is 15.1 Å². The molecular weight excluding hydrogens is 522 g/mol. The number of fused-ring (bicyclic) bond motifs is 3. The molecule has 0 aromatic heterocycles. The average Bonchev–Trinajstić information content (AvgIpc) is 2.99. The number of phenols is 2. The summed E-state index contributed by atoms with van der Waals surface area (Å²) in [5.41, 5.74) is 4.99. The molecule has 1 aliphatic carbocycles. The van der Waals surface area contributed by atoms with Crippen LogP contribution in [0.15, 0.2) is 72.8 Å². The molecule has 1 amide bonds. The van der Waals surface area contributed by atoms with Gasteiger partial charge in [0.25, 0.3) is 0 Å². The van der Waals surface area contributed by atoms with E-state index in [2.05, 4.69) is 58.4 Å². The number of nitrogens with zero attached hydrogens (tertiary/aromatic N) is 2. The number of phenolic OH excluding ortho intramolecular Hbond substituents is 2. The van der Waals surface area contributed by atoms with Crippen LogP contribution in [0.1, 0.15) is 61.3 Å². The van der Waals surface area contributed by atoms with Crippen LogP contribution in [0.2, 0.25) is 0 Å². The SMILES string of the molecule is C[C@@H]1CN(CCCc2ccccc2)[C@H]2C[C@H](NC(=O)CCN3CCc4ccc(O)cc4C3)C[C@]1(c1cccc(O)c1)C2. The molecule has 6 rings (SSSR count). The van der Waals surface area contributed by atoms with E-state index in [9.17, 15) is 15.0 Å². The summed E-state index contributed by atoms with van der Waals surface area (Å²) in [6, 6.07) is 24.7. The Morgan fingerprint density at radius 1 is 0.952 bits per heavy atom. The summed E-state index contributed by atoms with van der Waals surface area (Å²) in [4.78, 5) is 18.3. The molecule has 0 radical (unpaired) electrons. The zero-order valence-electron chi connectivity index (χ0n) is 24.8. The number of hydrogen-bond acceptors (Lipinski definition) is 5. The van der Waals surface area contributed by atoms with Gasteiger partial charge in [-0.1, -0.05) is 55.5 Å². The fourth-order valence-electron chi connectivity index (χ4n) is 8.00. The molecule has 2 fully saturated rings. The number of rotatable bonds is 9. The third kappa shape index (κ3) is 6.35. The lowest BCUT2D eigenvalue weighted by atomic mass is 9.57. The Bertz CT molecular complexity index is 1380. The second kappa shape index (κ2) is 12.5. The van der Waals surface area contributed by atoms with Crippen molar-refractivity contribution >= 4 is 5.91 Å². The fourth-order valence-corrected chi connectivity index (χ4v) is 8.00. The lowest BCUT2D eigenvalue weighted by Crippen LogP contribution is -2.61. The molecule has 3 aromatic rings. The quantitative estimate of drug-likeness (QED) is 0.323. The predicted octanol–water partition coefficient (Wildman–Crippen LogP) is 5.41. The molecule has 6 nitrogen and oxygen atoms in total. The van der Waals surface area contributed by atoms with Crippen molar-refractivity contribution in [3.05, 3.63) is 95.1 Å². The predicted molar refractivity (Wildman–Crippen MR) is 167 cm³/mol. The highest BCUT2D eigenvalue weighted by molar-refractivity contribution is 5.76. The number of hydrogen-bond donors (Lipinski definition) is 3. The van der Waals surface area contributed by atoms with Gasteiger partial charge < -0.3 is 15.5 Å². The van der Waals surface area contributed by atoms with E-state index in [4.69, 9.17) is 0 Å². The Balaban J connectivity index is 1.11. The smallest absolute Gasteiger partial charge is 0.221 e. The molecule has 6 heteroatoms. The minimum absolute atomic E-state index is 0.0614. The van der Waals surface area contributed by atoms with Gasteiger partial charge in [-0.15, -0.1) is 0 Å². The van der Waals surface area contributed by atoms with Crippen molar-refractivity contribution in [2.75, 3.05) is 26.2 Å². The fraction of sp³-hybridized carbons (Fsp3) is 0.472. The highest BCUT2D eigenvalue weighted by Gasteiger charge is 2.51. The van der Waals surface area contributed by atoms with Gasteiger partial charge in [-0.2, -0.15) is 0 Å². The van der Waals surface area contributed by atoms with E-state index in [1.165, 1.54) is 16.7 Å². The molecule has 2 heterocycles. The van der Waals surface area contributed by atoms with Gasteiger partial charge in [-0.05, 0) is 97.5 Å². The second-order valence-corrected chi connectivity index (χ2v) is 13.0. The van der Waals surface area contributed by atoms with Crippen molar-refractivity contribution in [2.24, 2.45) is 5.92 Å². The summed E-state index contributed by atoms with van der Waals surface area (Å²) in [5, 5.41) is 23.7. The minimum atomic E-state index is -0.0614. The normalized spacial score (nSPS) is 26.0. The van der Waals surface area contributed by atoms with Crippen molar-refractivity contribution < 1.29 is 15.0 Å². The van der Waals surface area contributed by atoms with Gasteiger partial charge >= 0.3 is 0 Å². The van der Waals surface area contributed by atoms with E-state index in [0.29, 0.717) is 29.9 Å². The Morgan fingerprint density at radius 3 is 2.62 bits per heavy atom. The largest absolute Gasteiger partial charge is 0.508 e. The first-order valence-corrected chi connectivity index (χ1v) is 15.8. The Hall–Kier alpha value is -3.35. The van der Waals surface area contributed by atoms with Gasteiger partial charge in [0.05, 0.1) is 0 Å². The second-order valence-electron chi connectivity index (χ2n) is 13.0. The molecule has 2 bridgehead atoms. The van der Waals surface area contributed by atoms with Crippen LogP contribution in [0, 0.1) is 5.92 Å².